The molecule has 6 heteroatoms. The molecule has 0 bridgehead atoms. The van der Waals surface area contributed by atoms with E-state index in [1.54, 1.807) is 19.1 Å². The van der Waals surface area contributed by atoms with Crippen molar-refractivity contribution in [3.8, 4) is 6.01 Å². The van der Waals surface area contributed by atoms with Crippen LogP contribution in [-0.2, 0) is 4.79 Å². The first-order valence-corrected chi connectivity index (χ1v) is 5.42. The van der Waals surface area contributed by atoms with Gasteiger partial charge in [-0.05, 0) is 18.2 Å². The van der Waals surface area contributed by atoms with Crippen LogP contribution in [0.5, 0.6) is 6.01 Å². The predicted molar refractivity (Wildman–Crippen MR) is 63.5 cm³/mol. The average Bonchev–Trinajstić information content (AvgIpc) is 2.65. The Labute approximate surface area is 102 Å². The number of carboxylic acid groups (broad SMARTS) is 1. The molecule has 0 aliphatic heterocycles. The van der Waals surface area contributed by atoms with E-state index in [0.29, 0.717) is 16.6 Å². The standard InChI is InChI=1S/C12H12N2O4/c1-6(4-10(15)16)11(17)7-2-3-8-9(5-7)14-12(18)13-8/h2-3,5-6H,4H2,1H3,(H,15,16)(H2,13,14,18). The highest BCUT2D eigenvalue weighted by molar-refractivity contribution is 6.01. The summed E-state index contributed by atoms with van der Waals surface area (Å²) in [4.78, 5) is 29.0. The van der Waals surface area contributed by atoms with E-state index in [-0.39, 0.29) is 18.2 Å². The van der Waals surface area contributed by atoms with Gasteiger partial charge in [-0.2, -0.15) is 4.98 Å². The molecule has 94 valence electrons. The highest BCUT2D eigenvalue weighted by atomic mass is 16.4. The summed E-state index contributed by atoms with van der Waals surface area (Å²) in [5.41, 5.74) is 1.48. The Balaban J connectivity index is 2.30. The molecule has 2 aromatic rings. The quantitative estimate of drug-likeness (QED) is 0.712. The normalized spacial score (nSPS) is 12.5. The van der Waals surface area contributed by atoms with Gasteiger partial charge >= 0.3 is 5.97 Å². The van der Waals surface area contributed by atoms with Crippen LogP contribution in [0.3, 0.4) is 0 Å². The number of rotatable bonds is 4. The minimum absolute atomic E-state index is 0.206. The molecule has 1 heterocycles. The van der Waals surface area contributed by atoms with Crippen molar-refractivity contribution in [2.24, 2.45) is 5.92 Å². The Hall–Kier alpha value is -2.37. The number of aromatic hydroxyl groups is 1. The molecule has 1 unspecified atom stereocenters. The molecule has 0 saturated carbocycles. The van der Waals surface area contributed by atoms with Crippen LogP contribution in [0.15, 0.2) is 18.2 Å². The molecular weight excluding hydrogens is 236 g/mol. The molecule has 0 amide bonds. The van der Waals surface area contributed by atoms with E-state index in [9.17, 15) is 14.7 Å². The molecule has 0 saturated heterocycles. The highest BCUT2D eigenvalue weighted by Gasteiger charge is 2.18. The zero-order valence-electron chi connectivity index (χ0n) is 9.67. The molecule has 0 aliphatic rings. The van der Waals surface area contributed by atoms with Crippen molar-refractivity contribution in [2.45, 2.75) is 13.3 Å². The number of hydrogen-bond acceptors (Lipinski definition) is 4. The molecule has 3 N–H and O–H groups in total. The number of Topliss-reactive ketones (excluding diaryl/α,β-unsaturated/α-hetero) is 1. The van der Waals surface area contributed by atoms with Crippen LogP contribution in [-0.4, -0.2) is 31.9 Å². The molecule has 1 aromatic carbocycles. The number of benzene rings is 1. The third kappa shape index (κ3) is 2.32. The number of H-pyrrole nitrogens is 1. The summed E-state index contributed by atoms with van der Waals surface area (Å²) in [6.45, 7) is 1.57. The first kappa shape index (κ1) is 12.1. The average molecular weight is 248 g/mol. The molecule has 0 spiro atoms. The topological polar surface area (TPSA) is 103 Å². The molecule has 0 aliphatic carbocycles. The number of carbonyl (C=O) groups excluding carboxylic acids is 1. The van der Waals surface area contributed by atoms with Crippen molar-refractivity contribution >= 4 is 22.8 Å². The number of carboxylic acids is 1. The Morgan fingerprint density at radius 2 is 2.17 bits per heavy atom. The number of nitrogens with zero attached hydrogens (tertiary/aromatic N) is 1. The van der Waals surface area contributed by atoms with Crippen LogP contribution in [0.4, 0.5) is 0 Å². The lowest BCUT2D eigenvalue weighted by molar-refractivity contribution is -0.137. The number of imidazole rings is 1. The number of hydrogen-bond donors (Lipinski definition) is 3. The maximum atomic E-state index is 12.0. The maximum Gasteiger partial charge on any atom is 0.304 e. The molecule has 0 radical (unpaired) electrons. The Kier molecular flexibility index (Phi) is 3.01. The monoisotopic (exact) mass is 248 g/mol. The number of aromatic amines is 1. The second-order valence-electron chi connectivity index (χ2n) is 4.16. The lowest BCUT2D eigenvalue weighted by Crippen LogP contribution is -2.15. The largest absolute Gasteiger partial charge is 0.481 e. The third-order valence-electron chi connectivity index (χ3n) is 2.68. The molecule has 1 aromatic heterocycles. The van der Waals surface area contributed by atoms with E-state index in [1.165, 1.54) is 6.07 Å². The van der Waals surface area contributed by atoms with Crippen LogP contribution < -0.4 is 0 Å². The lowest BCUT2D eigenvalue weighted by atomic mass is 9.96. The van der Waals surface area contributed by atoms with Gasteiger partial charge in [0.1, 0.15) is 0 Å². The van der Waals surface area contributed by atoms with Crippen molar-refractivity contribution in [1.29, 1.82) is 0 Å². The summed E-state index contributed by atoms with van der Waals surface area (Å²) in [6, 6.07) is 4.53. The van der Waals surface area contributed by atoms with Crippen LogP contribution in [0, 0.1) is 5.92 Å². The van der Waals surface area contributed by atoms with E-state index in [4.69, 9.17) is 5.11 Å². The number of aliphatic carboxylic acids is 1. The summed E-state index contributed by atoms with van der Waals surface area (Å²) < 4.78 is 0. The van der Waals surface area contributed by atoms with E-state index >= 15 is 0 Å². The van der Waals surface area contributed by atoms with Gasteiger partial charge < -0.3 is 15.2 Å². The van der Waals surface area contributed by atoms with Crippen LogP contribution in [0.1, 0.15) is 23.7 Å². The molecule has 6 nitrogen and oxygen atoms in total. The minimum atomic E-state index is -1.01. The van der Waals surface area contributed by atoms with E-state index in [0.717, 1.165) is 0 Å². The van der Waals surface area contributed by atoms with Gasteiger partial charge in [-0.1, -0.05) is 6.92 Å². The second-order valence-corrected chi connectivity index (χ2v) is 4.16. The predicted octanol–water partition coefficient (Wildman–Crippen LogP) is 1.56. The summed E-state index contributed by atoms with van der Waals surface area (Å²) >= 11 is 0. The number of carbonyl (C=O) groups is 2. The molecule has 2 rings (SSSR count). The van der Waals surface area contributed by atoms with Gasteiger partial charge in [0.2, 0.25) is 0 Å². The molecule has 18 heavy (non-hydrogen) atoms. The number of aromatic nitrogens is 2. The van der Waals surface area contributed by atoms with Gasteiger partial charge in [0.05, 0.1) is 17.5 Å². The minimum Gasteiger partial charge on any atom is -0.481 e. The fourth-order valence-electron chi connectivity index (χ4n) is 1.78. The molecule has 1 atom stereocenters. The Bertz CT molecular complexity index is 618. The van der Waals surface area contributed by atoms with Crippen molar-refractivity contribution in [1.82, 2.24) is 9.97 Å². The number of ketones is 1. The van der Waals surface area contributed by atoms with Gasteiger partial charge in [-0.25, -0.2) is 0 Å². The molecular formula is C12H12N2O4. The van der Waals surface area contributed by atoms with Gasteiger partial charge in [-0.3, -0.25) is 9.59 Å². The van der Waals surface area contributed by atoms with E-state index in [1.807, 2.05) is 0 Å². The summed E-state index contributed by atoms with van der Waals surface area (Å²) in [6.07, 6.45) is -0.206. The van der Waals surface area contributed by atoms with Crippen molar-refractivity contribution < 1.29 is 19.8 Å². The van der Waals surface area contributed by atoms with E-state index < -0.39 is 11.9 Å². The summed E-state index contributed by atoms with van der Waals surface area (Å²) in [7, 11) is 0. The summed E-state index contributed by atoms with van der Waals surface area (Å²) in [5, 5.41) is 17.8. The first-order valence-electron chi connectivity index (χ1n) is 5.42. The number of fused-ring (bicyclic) bond motifs is 1. The maximum absolute atomic E-state index is 12.0. The second kappa shape index (κ2) is 4.48. The van der Waals surface area contributed by atoms with Crippen LogP contribution in [0.25, 0.3) is 11.0 Å². The van der Waals surface area contributed by atoms with Crippen molar-refractivity contribution in [3.63, 3.8) is 0 Å². The van der Waals surface area contributed by atoms with Crippen molar-refractivity contribution in [3.05, 3.63) is 23.8 Å². The van der Waals surface area contributed by atoms with Gasteiger partial charge in [0.15, 0.2) is 5.78 Å². The zero-order valence-corrected chi connectivity index (χ0v) is 9.67. The van der Waals surface area contributed by atoms with Crippen molar-refractivity contribution in [2.75, 3.05) is 0 Å². The van der Waals surface area contributed by atoms with Gasteiger partial charge in [-0.15, -0.1) is 0 Å². The number of nitrogens with one attached hydrogen (secondary N) is 1. The first-order chi connectivity index (χ1) is 8.47. The molecule has 0 fully saturated rings. The van der Waals surface area contributed by atoms with Gasteiger partial charge in [0, 0.05) is 11.5 Å². The van der Waals surface area contributed by atoms with Crippen LogP contribution in [0.2, 0.25) is 0 Å². The fraction of sp³-hybridized carbons (Fsp3) is 0.250. The highest BCUT2D eigenvalue weighted by Crippen LogP contribution is 2.19. The smallest absolute Gasteiger partial charge is 0.304 e. The Morgan fingerprint density at radius 1 is 1.44 bits per heavy atom. The van der Waals surface area contributed by atoms with Gasteiger partial charge in [0.25, 0.3) is 6.01 Å². The Morgan fingerprint density at radius 3 is 2.83 bits per heavy atom. The SMILES string of the molecule is CC(CC(=O)O)C(=O)c1ccc2[nH]c(O)nc2c1. The van der Waals surface area contributed by atoms with Crippen LogP contribution >= 0.6 is 0 Å². The third-order valence-corrected chi connectivity index (χ3v) is 2.68. The van der Waals surface area contributed by atoms with E-state index in [2.05, 4.69) is 9.97 Å². The zero-order chi connectivity index (χ0) is 13.3. The lowest BCUT2D eigenvalue weighted by Gasteiger charge is -2.07. The fourth-order valence-corrected chi connectivity index (χ4v) is 1.78. The summed E-state index contributed by atoms with van der Waals surface area (Å²) in [5.74, 6) is -1.84.